The van der Waals surface area contributed by atoms with Gasteiger partial charge in [-0.05, 0) is 6.07 Å². The standard InChI is InChI=1S/C11H10N2O3S/c14-9(1-2-11(15)16)10-5-8(6-17-10)13-4-3-12-7-13/h3-7H,1-2H2,(H,15,16). The Kier molecular flexibility index (Phi) is 3.34. The van der Waals surface area contributed by atoms with E-state index in [2.05, 4.69) is 4.98 Å². The Morgan fingerprint density at radius 2 is 2.24 bits per heavy atom. The lowest BCUT2D eigenvalue weighted by Crippen LogP contribution is -2.02. The van der Waals surface area contributed by atoms with Crippen LogP contribution in [0.1, 0.15) is 22.5 Å². The lowest BCUT2D eigenvalue weighted by atomic mass is 10.2. The normalized spacial score (nSPS) is 10.4. The molecule has 0 saturated heterocycles. The van der Waals surface area contributed by atoms with Crippen LogP contribution < -0.4 is 0 Å². The van der Waals surface area contributed by atoms with Crippen LogP contribution in [0, 0.1) is 0 Å². The maximum absolute atomic E-state index is 11.7. The van der Waals surface area contributed by atoms with Crippen LogP contribution in [0.15, 0.2) is 30.2 Å². The Morgan fingerprint density at radius 3 is 2.88 bits per heavy atom. The number of ketones is 1. The predicted molar refractivity (Wildman–Crippen MR) is 62.6 cm³/mol. The molecule has 6 heteroatoms. The third-order valence-electron chi connectivity index (χ3n) is 2.23. The second-order valence-electron chi connectivity index (χ2n) is 3.46. The third-order valence-corrected chi connectivity index (χ3v) is 3.19. The number of aliphatic carboxylic acids is 1. The Morgan fingerprint density at radius 1 is 1.41 bits per heavy atom. The minimum absolute atomic E-state index is 0.0409. The number of carboxylic acids is 1. The fraction of sp³-hybridized carbons (Fsp3) is 0.182. The molecule has 0 unspecified atom stereocenters. The molecule has 0 amide bonds. The molecule has 0 aromatic carbocycles. The molecule has 17 heavy (non-hydrogen) atoms. The molecule has 1 N–H and O–H groups in total. The van der Waals surface area contributed by atoms with Gasteiger partial charge in [0.15, 0.2) is 5.78 Å². The molecular formula is C11H10N2O3S. The summed E-state index contributed by atoms with van der Waals surface area (Å²) in [6.07, 6.45) is 5.00. The molecule has 2 rings (SSSR count). The van der Waals surface area contributed by atoms with E-state index in [1.165, 1.54) is 11.3 Å². The molecule has 0 aliphatic rings. The summed E-state index contributed by atoms with van der Waals surface area (Å²) in [6.45, 7) is 0. The van der Waals surface area contributed by atoms with Crippen molar-refractivity contribution < 1.29 is 14.7 Å². The predicted octanol–water partition coefficient (Wildman–Crippen LogP) is 1.98. The zero-order valence-corrected chi connectivity index (χ0v) is 9.68. The average Bonchev–Trinajstić information content (AvgIpc) is 2.94. The summed E-state index contributed by atoms with van der Waals surface area (Å²) in [7, 11) is 0. The summed E-state index contributed by atoms with van der Waals surface area (Å²) >= 11 is 1.32. The number of aromatic nitrogens is 2. The first-order valence-electron chi connectivity index (χ1n) is 4.98. The van der Waals surface area contributed by atoms with Gasteiger partial charge >= 0.3 is 5.97 Å². The monoisotopic (exact) mass is 250 g/mol. The quantitative estimate of drug-likeness (QED) is 0.823. The summed E-state index contributed by atoms with van der Waals surface area (Å²) in [4.78, 5) is 26.5. The molecule has 0 bridgehead atoms. The number of carboxylic acid groups (broad SMARTS) is 1. The van der Waals surface area contributed by atoms with Crippen molar-refractivity contribution >= 4 is 23.1 Å². The molecule has 0 atom stereocenters. The minimum atomic E-state index is -0.954. The van der Waals surface area contributed by atoms with Gasteiger partial charge in [0.25, 0.3) is 0 Å². The fourth-order valence-electron chi connectivity index (χ4n) is 1.36. The van der Waals surface area contributed by atoms with Crippen LogP contribution in [0.25, 0.3) is 5.69 Å². The number of imidazole rings is 1. The van der Waals surface area contributed by atoms with E-state index in [4.69, 9.17) is 5.11 Å². The van der Waals surface area contributed by atoms with Gasteiger partial charge in [0, 0.05) is 24.2 Å². The highest BCUT2D eigenvalue weighted by Gasteiger charge is 2.11. The second-order valence-corrected chi connectivity index (χ2v) is 4.37. The van der Waals surface area contributed by atoms with Gasteiger partial charge in [-0.25, -0.2) is 4.98 Å². The maximum Gasteiger partial charge on any atom is 0.303 e. The Labute approximate surface area is 101 Å². The van der Waals surface area contributed by atoms with Gasteiger partial charge in [-0.15, -0.1) is 11.3 Å². The molecule has 88 valence electrons. The van der Waals surface area contributed by atoms with Crippen molar-refractivity contribution in [3.05, 3.63) is 35.0 Å². The van der Waals surface area contributed by atoms with E-state index in [-0.39, 0.29) is 18.6 Å². The number of Topliss-reactive ketones (excluding diaryl/α,β-unsaturated/α-hetero) is 1. The maximum atomic E-state index is 11.7. The van der Waals surface area contributed by atoms with Gasteiger partial charge < -0.3 is 9.67 Å². The van der Waals surface area contributed by atoms with E-state index >= 15 is 0 Å². The first-order chi connectivity index (χ1) is 8.16. The van der Waals surface area contributed by atoms with Crippen LogP contribution in [0.3, 0.4) is 0 Å². The molecule has 2 heterocycles. The first kappa shape index (κ1) is 11.5. The number of carbonyl (C=O) groups excluding carboxylic acids is 1. The van der Waals surface area contributed by atoms with E-state index in [0.717, 1.165) is 5.69 Å². The summed E-state index contributed by atoms with van der Waals surface area (Å²) in [5.41, 5.74) is 0.867. The van der Waals surface area contributed by atoms with Crippen LogP contribution in [-0.4, -0.2) is 26.4 Å². The van der Waals surface area contributed by atoms with E-state index in [1.54, 1.807) is 29.4 Å². The van der Waals surface area contributed by atoms with Crippen molar-refractivity contribution in [1.82, 2.24) is 9.55 Å². The Balaban J connectivity index is 2.08. The van der Waals surface area contributed by atoms with Gasteiger partial charge in [0.2, 0.25) is 0 Å². The summed E-state index contributed by atoms with van der Waals surface area (Å²) < 4.78 is 1.80. The Bertz CT molecular complexity index is 531. The number of thiophene rings is 1. The van der Waals surface area contributed by atoms with Crippen LogP contribution >= 0.6 is 11.3 Å². The molecule has 2 aromatic rings. The van der Waals surface area contributed by atoms with Gasteiger partial charge in [0.1, 0.15) is 0 Å². The van der Waals surface area contributed by atoms with Gasteiger partial charge in [0.05, 0.1) is 23.3 Å². The average molecular weight is 250 g/mol. The van der Waals surface area contributed by atoms with Crippen LogP contribution in [0.2, 0.25) is 0 Å². The number of hydrogen-bond donors (Lipinski definition) is 1. The fourth-order valence-corrected chi connectivity index (χ4v) is 2.22. The van der Waals surface area contributed by atoms with Crippen molar-refractivity contribution in [1.29, 1.82) is 0 Å². The number of carbonyl (C=O) groups is 2. The number of hydrogen-bond acceptors (Lipinski definition) is 4. The Hall–Kier alpha value is -1.95. The van der Waals surface area contributed by atoms with Gasteiger partial charge in [-0.3, -0.25) is 9.59 Å². The van der Waals surface area contributed by atoms with Crippen molar-refractivity contribution in [3.63, 3.8) is 0 Å². The molecule has 0 fully saturated rings. The number of rotatable bonds is 5. The van der Waals surface area contributed by atoms with Crippen molar-refractivity contribution in [2.24, 2.45) is 0 Å². The molecule has 2 aromatic heterocycles. The molecule has 0 radical (unpaired) electrons. The molecule has 5 nitrogen and oxygen atoms in total. The van der Waals surface area contributed by atoms with E-state index in [0.29, 0.717) is 4.88 Å². The highest BCUT2D eigenvalue weighted by molar-refractivity contribution is 7.12. The topological polar surface area (TPSA) is 72.2 Å². The molecule has 0 saturated carbocycles. The third kappa shape index (κ3) is 2.79. The first-order valence-corrected chi connectivity index (χ1v) is 5.86. The molecule has 0 aliphatic carbocycles. The lowest BCUT2D eigenvalue weighted by molar-refractivity contribution is -0.136. The molecule has 0 aliphatic heterocycles. The summed E-state index contributed by atoms with van der Waals surface area (Å²) in [6, 6.07) is 1.75. The summed E-state index contributed by atoms with van der Waals surface area (Å²) in [5.74, 6) is -1.09. The lowest BCUT2D eigenvalue weighted by Gasteiger charge is -1.95. The van der Waals surface area contributed by atoms with Crippen LogP contribution in [0.5, 0.6) is 0 Å². The van der Waals surface area contributed by atoms with E-state index in [1.807, 2.05) is 5.38 Å². The van der Waals surface area contributed by atoms with Crippen molar-refractivity contribution in [3.8, 4) is 5.69 Å². The second kappa shape index (κ2) is 4.92. The van der Waals surface area contributed by atoms with Gasteiger partial charge in [-0.2, -0.15) is 0 Å². The molecule has 0 spiro atoms. The van der Waals surface area contributed by atoms with Crippen molar-refractivity contribution in [2.75, 3.05) is 0 Å². The molecular weight excluding hydrogens is 240 g/mol. The summed E-state index contributed by atoms with van der Waals surface area (Å²) in [5, 5.41) is 10.3. The largest absolute Gasteiger partial charge is 0.481 e. The van der Waals surface area contributed by atoms with Gasteiger partial charge in [-0.1, -0.05) is 0 Å². The zero-order chi connectivity index (χ0) is 12.3. The van der Waals surface area contributed by atoms with Crippen LogP contribution in [-0.2, 0) is 4.79 Å². The van der Waals surface area contributed by atoms with E-state index in [9.17, 15) is 9.59 Å². The minimum Gasteiger partial charge on any atom is -0.481 e. The highest BCUT2D eigenvalue weighted by Crippen LogP contribution is 2.20. The SMILES string of the molecule is O=C(O)CCC(=O)c1cc(-n2ccnc2)cs1. The highest BCUT2D eigenvalue weighted by atomic mass is 32.1. The number of nitrogens with zero attached hydrogens (tertiary/aromatic N) is 2. The van der Waals surface area contributed by atoms with E-state index < -0.39 is 5.97 Å². The zero-order valence-electron chi connectivity index (χ0n) is 8.87. The van der Waals surface area contributed by atoms with Crippen LogP contribution in [0.4, 0.5) is 0 Å². The smallest absolute Gasteiger partial charge is 0.303 e. The van der Waals surface area contributed by atoms with Crippen molar-refractivity contribution in [2.45, 2.75) is 12.8 Å².